The molecule has 0 fully saturated rings. The van der Waals surface area contributed by atoms with E-state index in [-0.39, 0.29) is 25.4 Å². The SMILES string of the molecule is CC(C)C[C@H](NC(=O)CNC(=O)[C@H](C)NC(=O)[C@H](Cc1ccccc1)NC(=O)OCc1ccccc1)C(=O)O. The Hall–Kier alpha value is -4.41. The van der Waals surface area contributed by atoms with Gasteiger partial charge in [0.15, 0.2) is 0 Å². The largest absolute Gasteiger partial charge is 0.480 e. The molecule has 39 heavy (non-hydrogen) atoms. The van der Waals surface area contributed by atoms with Gasteiger partial charge in [0.25, 0.3) is 0 Å². The van der Waals surface area contributed by atoms with Crippen LogP contribution in [-0.4, -0.2) is 59.6 Å². The van der Waals surface area contributed by atoms with Crippen molar-refractivity contribution in [3.63, 3.8) is 0 Å². The number of aliphatic carboxylic acids is 1. The number of rotatable bonds is 14. The molecule has 0 bridgehead atoms. The number of benzene rings is 2. The van der Waals surface area contributed by atoms with Crippen molar-refractivity contribution in [3.05, 3.63) is 71.8 Å². The number of amides is 4. The molecule has 0 heterocycles. The Morgan fingerprint density at radius 3 is 1.92 bits per heavy atom. The molecule has 3 atom stereocenters. The van der Waals surface area contributed by atoms with E-state index in [1.54, 1.807) is 36.4 Å². The van der Waals surface area contributed by atoms with E-state index in [1.165, 1.54) is 6.92 Å². The first-order valence-corrected chi connectivity index (χ1v) is 12.7. The van der Waals surface area contributed by atoms with E-state index in [0.29, 0.717) is 0 Å². The van der Waals surface area contributed by atoms with Crippen molar-refractivity contribution in [2.24, 2.45) is 5.92 Å². The highest BCUT2D eigenvalue weighted by molar-refractivity contribution is 5.93. The molecule has 0 aliphatic heterocycles. The van der Waals surface area contributed by atoms with Gasteiger partial charge in [-0.1, -0.05) is 74.5 Å². The molecule has 0 aliphatic rings. The van der Waals surface area contributed by atoms with Crippen molar-refractivity contribution >= 4 is 29.8 Å². The number of carboxylic acids is 1. The molecule has 0 unspecified atom stereocenters. The van der Waals surface area contributed by atoms with Gasteiger partial charge in [-0.25, -0.2) is 9.59 Å². The number of hydrogen-bond acceptors (Lipinski definition) is 6. The first kappa shape index (κ1) is 30.8. The van der Waals surface area contributed by atoms with Crippen molar-refractivity contribution < 1.29 is 33.8 Å². The van der Waals surface area contributed by atoms with E-state index in [1.807, 2.05) is 38.1 Å². The Morgan fingerprint density at radius 2 is 1.36 bits per heavy atom. The van der Waals surface area contributed by atoms with Gasteiger partial charge in [0.2, 0.25) is 17.7 Å². The molecule has 5 N–H and O–H groups in total. The topological polar surface area (TPSA) is 163 Å². The number of alkyl carbamates (subject to hydrolysis) is 1. The van der Waals surface area contributed by atoms with Gasteiger partial charge in [-0.3, -0.25) is 14.4 Å². The molecule has 0 radical (unpaired) electrons. The van der Waals surface area contributed by atoms with Crippen molar-refractivity contribution in [1.29, 1.82) is 0 Å². The summed E-state index contributed by atoms with van der Waals surface area (Å²) in [6.07, 6.45) is -0.403. The lowest BCUT2D eigenvalue weighted by molar-refractivity contribution is -0.142. The summed E-state index contributed by atoms with van der Waals surface area (Å²) >= 11 is 0. The van der Waals surface area contributed by atoms with E-state index < -0.39 is 54.5 Å². The number of ether oxygens (including phenoxy) is 1. The molecular formula is C28H36N4O7. The highest BCUT2D eigenvalue weighted by atomic mass is 16.5. The minimum atomic E-state index is -1.16. The lowest BCUT2D eigenvalue weighted by atomic mass is 10.0. The highest BCUT2D eigenvalue weighted by Gasteiger charge is 2.26. The lowest BCUT2D eigenvalue weighted by Gasteiger charge is -2.21. The molecule has 0 spiro atoms. The summed E-state index contributed by atoms with van der Waals surface area (Å²) in [4.78, 5) is 61.5. The minimum Gasteiger partial charge on any atom is -0.480 e. The van der Waals surface area contributed by atoms with E-state index in [2.05, 4.69) is 21.3 Å². The van der Waals surface area contributed by atoms with Gasteiger partial charge in [0.05, 0.1) is 6.54 Å². The van der Waals surface area contributed by atoms with E-state index in [9.17, 15) is 29.1 Å². The maximum atomic E-state index is 13.0. The molecule has 2 aromatic carbocycles. The highest BCUT2D eigenvalue weighted by Crippen LogP contribution is 2.07. The Balaban J connectivity index is 1.93. The summed E-state index contributed by atoms with van der Waals surface area (Å²) in [5, 5.41) is 19.1. The number of hydrogen-bond donors (Lipinski definition) is 5. The Bertz CT molecular complexity index is 1110. The predicted molar refractivity (Wildman–Crippen MR) is 143 cm³/mol. The molecular weight excluding hydrogens is 504 g/mol. The zero-order valence-electron chi connectivity index (χ0n) is 22.3. The van der Waals surface area contributed by atoms with Gasteiger partial charge in [-0.2, -0.15) is 0 Å². The van der Waals surface area contributed by atoms with Gasteiger partial charge in [-0.05, 0) is 30.4 Å². The van der Waals surface area contributed by atoms with Crippen molar-refractivity contribution in [2.75, 3.05) is 6.54 Å². The number of nitrogens with one attached hydrogen (secondary N) is 4. The zero-order valence-corrected chi connectivity index (χ0v) is 22.3. The first-order valence-electron chi connectivity index (χ1n) is 12.7. The van der Waals surface area contributed by atoms with Gasteiger partial charge in [0, 0.05) is 6.42 Å². The van der Waals surface area contributed by atoms with Crippen LogP contribution in [0.25, 0.3) is 0 Å². The summed E-state index contributed by atoms with van der Waals surface area (Å²) < 4.78 is 5.24. The Kier molecular flexibility index (Phi) is 12.4. The molecule has 0 aromatic heterocycles. The van der Waals surface area contributed by atoms with Crippen LogP contribution in [0.4, 0.5) is 4.79 Å². The molecule has 11 heteroatoms. The van der Waals surface area contributed by atoms with E-state index >= 15 is 0 Å². The quantitative estimate of drug-likeness (QED) is 0.244. The van der Waals surface area contributed by atoms with E-state index in [0.717, 1.165) is 11.1 Å². The standard InChI is InChI=1S/C28H36N4O7/c1-18(2)14-23(27(36)37)31-24(33)16-29-25(34)19(3)30-26(35)22(15-20-10-6-4-7-11-20)32-28(38)39-17-21-12-8-5-9-13-21/h4-13,18-19,22-23H,14-17H2,1-3H3,(H,29,34)(H,30,35)(H,31,33)(H,32,38)(H,36,37)/t19-,22-,23-/m0/s1. The first-order chi connectivity index (χ1) is 18.5. The second-order valence-corrected chi connectivity index (χ2v) is 9.48. The fourth-order valence-corrected chi connectivity index (χ4v) is 3.60. The average molecular weight is 541 g/mol. The van der Waals surface area contributed by atoms with Crippen molar-refractivity contribution in [2.45, 2.75) is 58.3 Å². The van der Waals surface area contributed by atoms with E-state index in [4.69, 9.17) is 4.74 Å². The molecule has 2 aromatic rings. The number of carboxylic acid groups (broad SMARTS) is 1. The smallest absolute Gasteiger partial charge is 0.408 e. The van der Waals surface area contributed by atoms with Crippen LogP contribution >= 0.6 is 0 Å². The van der Waals surface area contributed by atoms with Crippen LogP contribution in [0.1, 0.15) is 38.3 Å². The second kappa shape index (κ2) is 15.8. The van der Waals surface area contributed by atoms with Crippen molar-refractivity contribution in [3.8, 4) is 0 Å². The summed E-state index contributed by atoms with van der Waals surface area (Å²) in [7, 11) is 0. The number of carbonyl (C=O) groups excluding carboxylic acids is 4. The normalized spacial score (nSPS) is 12.9. The summed E-state index contributed by atoms with van der Waals surface area (Å²) in [6.45, 7) is 4.65. The van der Waals surface area contributed by atoms with Gasteiger partial charge >= 0.3 is 12.1 Å². The Morgan fingerprint density at radius 1 is 0.769 bits per heavy atom. The van der Waals surface area contributed by atoms with Gasteiger partial charge in [-0.15, -0.1) is 0 Å². The molecule has 0 saturated carbocycles. The maximum absolute atomic E-state index is 13.0. The monoisotopic (exact) mass is 540 g/mol. The fraction of sp³-hybridized carbons (Fsp3) is 0.393. The molecule has 0 aliphatic carbocycles. The van der Waals surface area contributed by atoms with Crippen LogP contribution in [0, 0.1) is 5.92 Å². The zero-order chi connectivity index (χ0) is 28.8. The maximum Gasteiger partial charge on any atom is 0.408 e. The minimum absolute atomic E-state index is 0.0210. The third kappa shape index (κ3) is 11.7. The summed E-state index contributed by atoms with van der Waals surface area (Å²) in [5.74, 6) is -3.06. The molecule has 11 nitrogen and oxygen atoms in total. The van der Waals surface area contributed by atoms with Crippen LogP contribution < -0.4 is 21.3 Å². The van der Waals surface area contributed by atoms with Crippen LogP contribution in [0.3, 0.4) is 0 Å². The molecule has 0 saturated heterocycles. The van der Waals surface area contributed by atoms with Crippen LogP contribution in [0.2, 0.25) is 0 Å². The third-order valence-corrected chi connectivity index (χ3v) is 5.62. The van der Waals surface area contributed by atoms with Crippen LogP contribution in [0.5, 0.6) is 0 Å². The average Bonchev–Trinajstić information content (AvgIpc) is 2.90. The molecule has 4 amide bonds. The predicted octanol–water partition coefficient (Wildman–Crippen LogP) is 1.76. The Labute approximate surface area is 227 Å². The van der Waals surface area contributed by atoms with Crippen LogP contribution in [-0.2, 0) is 36.9 Å². The third-order valence-electron chi connectivity index (χ3n) is 5.62. The van der Waals surface area contributed by atoms with Crippen molar-refractivity contribution in [1.82, 2.24) is 21.3 Å². The molecule has 2 rings (SSSR count). The lowest BCUT2D eigenvalue weighted by Crippen LogP contribution is -2.54. The van der Waals surface area contributed by atoms with Gasteiger partial charge in [0.1, 0.15) is 24.7 Å². The number of carbonyl (C=O) groups is 5. The molecule has 210 valence electrons. The fourth-order valence-electron chi connectivity index (χ4n) is 3.60. The van der Waals surface area contributed by atoms with Crippen LogP contribution in [0.15, 0.2) is 60.7 Å². The second-order valence-electron chi connectivity index (χ2n) is 9.48. The summed E-state index contributed by atoms with van der Waals surface area (Å²) in [6, 6.07) is 14.9. The van der Waals surface area contributed by atoms with Gasteiger partial charge < -0.3 is 31.1 Å². The summed E-state index contributed by atoms with van der Waals surface area (Å²) in [5.41, 5.74) is 1.56.